The number of aryl methyl sites for hydroxylation is 2. The molecule has 0 amide bonds. The zero-order valence-electron chi connectivity index (χ0n) is 13.1. The SMILES string of the molecule is Cc1cccc(NC(=S)NCCCn2ncc(Cl)c2C)c1C. The van der Waals surface area contributed by atoms with Gasteiger partial charge in [-0.3, -0.25) is 4.68 Å². The zero-order chi connectivity index (χ0) is 16.1. The van der Waals surface area contributed by atoms with Crippen LogP contribution in [0.2, 0.25) is 5.02 Å². The monoisotopic (exact) mass is 336 g/mol. The second kappa shape index (κ2) is 7.61. The summed E-state index contributed by atoms with van der Waals surface area (Å²) in [6.07, 6.45) is 2.60. The van der Waals surface area contributed by atoms with Crippen molar-refractivity contribution in [2.45, 2.75) is 33.7 Å². The average molecular weight is 337 g/mol. The van der Waals surface area contributed by atoms with Crippen molar-refractivity contribution in [1.82, 2.24) is 15.1 Å². The lowest BCUT2D eigenvalue weighted by Crippen LogP contribution is -2.30. The number of benzene rings is 1. The fourth-order valence-electron chi connectivity index (χ4n) is 2.13. The summed E-state index contributed by atoms with van der Waals surface area (Å²) in [6.45, 7) is 7.75. The van der Waals surface area contributed by atoms with Crippen LogP contribution >= 0.6 is 23.8 Å². The van der Waals surface area contributed by atoms with Gasteiger partial charge in [0.1, 0.15) is 0 Å². The minimum atomic E-state index is 0.643. The van der Waals surface area contributed by atoms with Crippen molar-refractivity contribution < 1.29 is 0 Å². The van der Waals surface area contributed by atoms with Gasteiger partial charge in [-0.05, 0) is 56.6 Å². The Labute approximate surface area is 141 Å². The van der Waals surface area contributed by atoms with Gasteiger partial charge in [-0.2, -0.15) is 5.10 Å². The van der Waals surface area contributed by atoms with Gasteiger partial charge in [0.2, 0.25) is 0 Å². The first kappa shape index (κ1) is 16.8. The smallest absolute Gasteiger partial charge is 0.170 e. The molecule has 118 valence electrons. The molecule has 2 rings (SSSR count). The van der Waals surface area contributed by atoms with E-state index in [4.69, 9.17) is 23.8 Å². The second-order valence-corrected chi connectivity index (χ2v) is 6.10. The second-order valence-electron chi connectivity index (χ2n) is 5.28. The lowest BCUT2D eigenvalue weighted by molar-refractivity contribution is 0.561. The lowest BCUT2D eigenvalue weighted by Gasteiger charge is -2.14. The average Bonchev–Trinajstić information content (AvgIpc) is 2.80. The van der Waals surface area contributed by atoms with E-state index in [1.807, 2.05) is 23.7 Å². The van der Waals surface area contributed by atoms with E-state index < -0.39 is 0 Å². The van der Waals surface area contributed by atoms with Crippen LogP contribution in [0.5, 0.6) is 0 Å². The number of hydrogen-bond acceptors (Lipinski definition) is 2. The van der Waals surface area contributed by atoms with E-state index in [-0.39, 0.29) is 0 Å². The highest BCUT2D eigenvalue weighted by molar-refractivity contribution is 7.80. The molecular weight excluding hydrogens is 316 g/mol. The summed E-state index contributed by atoms with van der Waals surface area (Å²) >= 11 is 11.3. The molecule has 0 spiro atoms. The van der Waals surface area contributed by atoms with Gasteiger partial charge < -0.3 is 10.6 Å². The van der Waals surface area contributed by atoms with Crippen molar-refractivity contribution >= 4 is 34.6 Å². The number of aromatic nitrogens is 2. The Hall–Kier alpha value is -1.59. The van der Waals surface area contributed by atoms with Crippen LogP contribution < -0.4 is 10.6 Å². The lowest BCUT2D eigenvalue weighted by atomic mass is 10.1. The van der Waals surface area contributed by atoms with Gasteiger partial charge in [-0.1, -0.05) is 23.7 Å². The maximum atomic E-state index is 5.98. The van der Waals surface area contributed by atoms with Crippen LogP contribution in [-0.4, -0.2) is 21.4 Å². The molecule has 2 N–H and O–H groups in total. The van der Waals surface area contributed by atoms with Crippen LogP contribution in [0.4, 0.5) is 5.69 Å². The van der Waals surface area contributed by atoms with E-state index in [9.17, 15) is 0 Å². The molecule has 2 aromatic rings. The van der Waals surface area contributed by atoms with Gasteiger partial charge in [-0.25, -0.2) is 0 Å². The standard InChI is InChI=1S/C16H21ClN4S/c1-11-6-4-7-15(12(11)2)20-16(22)18-8-5-9-21-13(3)14(17)10-19-21/h4,6-7,10H,5,8-9H2,1-3H3,(H2,18,20,22). The summed E-state index contributed by atoms with van der Waals surface area (Å²) in [5, 5.41) is 12.0. The Kier molecular flexibility index (Phi) is 5.80. The molecule has 0 fully saturated rings. The molecule has 0 aliphatic carbocycles. The number of anilines is 1. The summed E-state index contributed by atoms with van der Waals surface area (Å²) in [5.41, 5.74) is 4.51. The largest absolute Gasteiger partial charge is 0.362 e. The van der Waals surface area contributed by atoms with Gasteiger partial charge in [-0.15, -0.1) is 0 Å². The summed E-state index contributed by atoms with van der Waals surface area (Å²) in [6, 6.07) is 6.15. The van der Waals surface area contributed by atoms with E-state index in [1.54, 1.807) is 6.20 Å². The van der Waals surface area contributed by atoms with Gasteiger partial charge in [0, 0.05) is 18.8 Å². The highest BCUT2D eigenvalue weighted by Crippen LogP contribution is 2.17. The van der Waals surface area contributed by atoms with Crippen LogP contribution in [0.1, 0.15) is 23.2 Å². The Balaban J connectivity index is 1.76. The van der Waals surface area contributed by atoms with Crippen LogP contribution in [-0.2, 0) is 6.54 Å². The molecule has 0 atom stereocenters. The Morgan fingerprint density at radius 3 is 2.77 bits per heavy atom. The molecule has 0 saturated heterocycles. The first-order valence-corrected chi connectivity index (χ1v) is 8.06. The number of nitrogens with one attached hydrogen (secondary N) is 2. The zero-order valence-corrected chi connectivity index (χ0v) is 14.7. The molecule has 1 aromatic heterocycles. The first-order valence-electron chi connectivity index (χ1n) is 7.28. The maximum absolute atomic E-state index is 5.98. The van der Waals surface area contributed by atoms with E-state index in [1.165, 1.54) is 11.1 Å². The number of rotatable bonds is 5. The molecule has 4 nitrogen and oxygen atoms in total. The quantitative estimate of drug-likeness (QED) is 0.643. The molecule has 22 heavy (non-hydrogen) atoms. The minimum absolute atomic E-state index is 0.643. The van der Waals surface area contributed by atoms with E-state index >= 15 is 0 Å². The van der Waals surface area contributed by atoms with Crippen molar-refractivity contribution in [2.75, 3.05) is 11.9 Å². The molecule has 1 aromatic carbocycles. The molecule has 0 aliphatic heterocycles. The Bertz CT molecular complexity index is 666. The van der Waals surface area contributed by atoms with E-state index in [0.29, 0.717) is 10.1 Å². The van der Waals surface area contributed by atoms with E-state index in [0.717, 1.165) is 30.9 Å². The third-order valence-corrected chi connectivity index (χ3v) is 4.35. The molecule has 6 heteroatoms. The van der Waals surface area contributed by atoms with Crippen LogP contribution in [0.3, 0.4) is 0 Å². The first-order chi connectivity index (χ1) is 10.5. The summed E-state index contributed by atoms with van der Waals surface area (Å²) < 4.78 is 1.91. The Morgan fingerprint density at radius 2 is 2.09 bits per heavy atom. The number of thiocarbonyl (C=S) groups is 1. The van der Waals surface area contributed by atoms with Crippen LogP contribution in [0, 0.1) is 20.8 Å². The maximum Gasteiger partial charge on any atom is 0.170 e. The summed E-state index contributed by atoms with van der Waals surface area (Å²) in [5.74, 6) is 0. The fourth-order valence-corrected chi connectivity index (χ4v) is 2.49. The topological polar surface area (TPSA) is 41.9 Å². The Morgan fingerprint density at radius 1 is 1.32 bits per heavy atom. The van der Waals surface area contributed by atoms with Crippen molar-refractivity contribution in [2.24, 2.45) is 0 Å². The number of halogens is 1. The molecule has 0 radical (unpaired) electrons. The third-order valence-electron chi connectivity index (χ3n) is 3.73. The molecule has 0 bridgehead atoms. The summed E-state index contributed by atoms with van der Waals surface area (Å²) in [4.78, 5) is 0. The highest BCUT2D eigenvalue weighted by Gasteiger charge is 2.04. The molecule has 0 aliphatic rings. The van der Waals surface area contributed by atoms with Gasteiger partial charge in [0.15, 0.2) is 5.11 Å². The van der Waals surface area contributed by atoms with E-state index in [2.05, 4.69) is 35.6 Å². The highest BCUT2D eigenvalue weighted by atomic mass is 35.5. The van der Waals surface area contributed by atoms with Gasteiger partial charge >= 0.3 is 0 Å². The summed E-state index contributed by atoms with van der Waals surface area (Å²) in [7, 11) is 0. The predicted molar refractivity (Wildman–Crippen MR) is 96.7 cm³/mol. The van der Waals surface area contributed by atoms with Crippen molar-refractivity contribution in [3.05, 3.63) is 46.2 Å². The number of hydrogen-bond donors (Lipinski definition) is 2. The van der Waals surface area contributed by atoms with Crippen LogP contribution in [0.25, 0.3) is 0 Å². The molecule has 0 saturated carbocycles. The molecule has 1 heterocycles. The number of nitrogens with zero attached hydrogens (tertiary/aromatic N) is 2. The minimum Gasteiger partial charge on any atom is -0.362 e. The third kappa shape index (κ3) is 4.21. The predicted octanol–water partition coefficient (Wildman–Crippen LogP) is 3.84. The van der Waals surface area contributed by atoms with Gasteiger partial charge in [0.05, 0.1) is 16.9 Å². The van der Waals surface area contributed by atoms with Crippen LogP contribution in [0.15, 0.2) is 24.4 Å². The van der Waals surface area contributed by atoms with Crippen molar-refractivity contribution in [1.29, 1.82) is 0 Å². The molecular formula is C16H21ClN4S. The normalized spacial score (nSPS) is 10.5. The fraction of sp³-hybridized carbons (Fsp3) is 0.375. The van der Waals surface area contributed by atoms with Crippen molar-refractivity contribution in [3.8, 4) is 0 Å². The van der Waals surface area contributed by atoms with Gasteiger partial charge in [0.25, 0.3) is 0 Å². The van der Waals surface area contributed by atoms with Crippen molar-refractivity contribution in [3.63, 3.8) is 0 Å². The molecule has 0 unspecified atom stereocenters.